The topological polar surface area (TPSA) is 80.4 Å². The normalized spacial score (nSPS) is 7.00. The second-order valence-corrected chi connectivity index (χ2v) is 0.885. The number of hydrogen-bond acceptors (Lipinski definition) is 3. The Hall–Kier alpha value is -0.700. The minimum absolute atomic E-state index is 0. The van der Waals surface area contributed by atoms with E-state index in [1.165, 1.54) is 0 Å². The second-order valence-electron chi connectivity index (χ2n) is 0.885. The van der Waals surface area contributed by atoms with Gasteiger partial charge in [-0.15, -0.1) is 0 Å². The molecule has 8 heavy (non-hydrogen) atoms. The maximum Gasteiger partial charge on any atom is 0.376 e. The van der Waals surface area contributed by atoms with E-state index in [2.05, 4.69) is 0 Å². The quantitative estimate of drug-likeness (QED) is 0.315. The molecule has 0 aliphatic carbocycles. The van der Waals surface area contributed by atoms with E-state index in [0.717, 1.165) is 0 Å². The molecule has 0 amide bonds. The molecule has 0 radical (unpaired) electrons. The summed E-state index contributed by atoms with van der Waals surface area (Å²) in [5, 5.41) is 16.9. The molecule has 1 atom stereocenters. The zero-order valence-corrected chi connectivity index (χ0v) is 5.45. The third-order valence-corrected chi connectivity index (χ3v) is 0.264. The van der Waals surface area contributed by atoms with E-state index < -0.39 is 17.4 Å². The SMILES string of the molecule is O=C(O)C[N+](=O)[O-].P. The summed E-state index contributed by atoms with van der Waals surface area (Å²) in [4.78, 5) is 17.7. The Bertz CT molecular complexity index is 90.2. The lowest BCUT2D eigenvalue weighted by Crippen LogP contribution is -2.11. The lowest BCUT2D eigenvalue weighted by atomic mass is 10.7. The van der Waals surface area contributed by atoms with Gasteiger partial charge >= 0.3 is 5.97 Å². The molecule has 0 aliphatic rings. The van der Waals surface area contributed by atoms with Gasteiger partial charge < -0.3 is 5.11 Å². The van der Waals surface area contributed by atoms with Crippen LogP contribution in [-0.2, 0) is 4.79 Å². The Kier molecular flexibility index (Phi) is 5.75. The number of aliphatic carboxylic acids is 1. The molecule has 0 heterocycles. The monoisotopic (exact) mass is 139 g/mol. The van der Waals surface area contributed by atoms with Crippen molar-refractivity contribution in [1.29, 1.82) is 0 Å². The lowest BCUT2D eigenvalue weighted by molar-refractivity contribution is -0.469. The molecule has 5 nitrogen and oxygen atoms in total. The average molecular weight is 139 g/mol. The number of hydrogen-bond donors (Lipinski definition) is 1. The minimum Gasteiger partial charge on any atom is -0.476 e. The van der Waals surface area contributed by atoms with E-state index in [-0.39, 0.29) is 9.90 Å². The molecule has 0 bridgehead atoms. The fourth-order valence-electron chi connectivity index (χ4n) is 0.110. The molecule has 0 spiro atoms. The van der Waals surface area contributed by atoms with Crippen LogP contribution < -0.4 is 0 Å². The highest BCUT2D eigenvalue weighted by Gasteiger charge is 2.02. The molecule has 0 aromatic heterocycles. The van der Waals surface area contributed by atoms with Crippen LogP contribution in [0.15, 0.2) is 0 Å². The van der Waals surface area contributed by atoms with Crippen molar-refractivity contribution in [3.8, 4) is 0 Å². The van der Waals surface area contributed by atoms with Gasteiger partial charge in [0, 0.05) is 4.92 Å². The summed E-state index contributed by atoms with van der Waals surface area (Å²) in [6, 6.07) is 0. The average Bonchev–Trinajstić information content (AvgIpc) is 1.27. The molecule has 0 aliphatic heterocycles. The number of nitrogens with zero attached hydrogens (tertiary/aromatic N) is 1. The van der Waals surface area contributed by atoms with Crippen molar-refractivity contribution in [2.24, 2.45) is 0 Å². The van der Waals surface area contributed by atoms with Gasteiger partial charge in [0.05, 0.1) is 0 Å². The van der Waals surface area contributed by atoms with Crippen LogP contribution in [-0.4, -0.2) is 22.5 Å². The molecule has 0 fully saturated rings. The van der Waals surface area contributed by atoms with Crippen LogP contribution in [0.5, 0.6) is 0 Å². The lowest BCUT2D eigenvalue weighted by Gasteiger charge is -1.79. The first-order valence-corrected chi connectivity index (χ1v) is 1.46. The predicted molar refractivity (Wildman–Crippen MR) is 30.6 cm³/mol. The van der Waals surface area contributed by atoms with Crippen LogP contribution in [0, 0.1) is 10.1 Å². The third kappa shape index (κ3) is 9.00. The zero-order valence-electron chi connectivity index (χ0n) is 4.03. The molecule has 0 saturated carbocycles. The van der Waals surface area contributed by atoms with Gasteiger partial charge in [-0.2, -0.15) is 9.90 Å². The van der Waals surface area contributed by atoms with E-state index in [0.29, 0.717) is 0 Å². The van der Waals surface area contributed by atoms with Crippen molar-refractivity contribution < 1.29 is 14.8 Å². The summed E-state index contributed by atoms with van der Waals surface area (Å²) in [6.07, 6.45) is 0. The van der Waals surface area contributed by atoms with Crippen LogP contribution in [0.2, 0.25) is 0 Å². The Balaban J connectivity index is 0. The molecule has 0 saturated heterocycles. The Labute approximate surface area is 48.5 Å². The van der Waals surface area contributed by atoms with E-state index in [1.54, 1.807) is 0 Å². The van der Waals surface area contributed by atoms with Gasteiger partial charge in [0.1, 0.15) is 0 Å². The predicted octanol–water partition coefficient (Wildman–Crippen LogP) is -0.594. The molecule has 1 unspecified atom stereocenters. The molecular weight excluding hydrogens is 133 g/mol. The second kappa shape index (κ2) is 4.46. The highest BCUT2D eigenvalue weighted by molar-refractivity contribution is 6.92. The number of nitro groups is 1. The number of carbonyl (C=O) groups is 1. The van der Waals surface area contributed by atoms with Crippen molar-refractivity contribution in [1.82, 2.24) is 0 Å². The van der Waals surface area contributed by atoms with Gasteiger partial charge in [-0.1, -0.05) is 0 Å². The first-order valence-electron chi connectivity index (χ1n) is 1.46. The number of carboxylic acid groups (broad SMARTS) is 1. The summed E-state index contributed by atoms with van der Waals surface area (Å²) in [5.41, 5.74) is 0. The van der Waals surface area contributed by atoms with Crippen LogP contribution in [0.4, 0.5) is 0 Å². The first-order chi connectivity index (χ1) is 3.13. The Morgan fingerprint density at radius 3 is 2.12 bits per heavy atom. The van der Waals surface area contributed by atoms with Crippen molar-refractivity contribution in [2.45, 2.75) is 0 Å². The molecule has 1 N–H and O–H groups in total. The standard InChI is InChI=1S/C2H3NO4.H3P/c4-2(5)1-3(6)7;/h1H2,(H,4,5);1H3. The number of rotatable bonds is 2. The van der Waals surface area contributed by atoms with Crippen molar-refractivity contribution in [2.75, 3.05) is 6.54 Å². The molecule has 6 heteroatoms. The van der Waals surface area contributed by atoms with Gasteiger partial charge in [0.25, 0.3) is 6.54 Å². The van der Waals surface area contributed by atoms with E-state index in [9.17, 15) is 14.9 Å². The highest BCUT2D eigenvalue weighted by Crippen LogP contribution is 1.64. The minimum atomic E-state index is -1.41. The van der Waals surface area contributed by atoms with Crippen molar-refractivity contribution >= 4 is 15.9 Å². The smallest absolute Gasteiger partial charge is 0.376 e. The Morgan fingerprint density at radius 1 is 1.75 bits per heavy atom. The van der Waals surface area contributed by atoms with Crippen LogP contribution in [0.3, 0.4) is 0 Å². The van der Waals surface area contributed by atoms with Gasteiger partial charge in [-0.25, -0.2) is 4.79 Å². The Morgan fingerprint density at radius 2 is 2.12 bits per heavy atom. The summed E-state index contributed by atoms with van der Waals surface area (Å²) >= 11 is 0. The van der Waals surface area contributed by atoms with Crippen LogP contribution in [0.1, 0.15) is 0 Å². The van der Waals surface area contributed by atoms with Gasteiger partial charge in [0.15, 0.2) is 0 Å². The maximum absolute atomic E-state index is 9.37. The fraction of sp³-hybridized carbons (Fsp3) is 0.500. The number of carboxylic acids is 1. The zero-order chi connectivity index (χ0) is 5.86. The van der Waals surface area contributed by atoms with Crippen molar-refractivity contribution in [3.63, 3.8) is 0 Å². The van der Waals surface area contributed by atoms with Gasteiger partial charge in [-0.05, 0) is 0 Å². The summed E-state index contributed by atoms with van der Waals surface area (Å²) in [5.74, 6) is -1.41. The van der Waals surface area contributed by atoms with E-state index >= 15 is 0 Å². The van der Waals surface area contributed by atoms with E-state index in [4.69, 9.17) is 5.11 Å². The summed E-state index contributed by atoms with van der Waals surface area (Å²) in [6.45, 7) is -1.00. The van der Waals surface area contributed by atoms with Crippen molar-refractivity contribution in [3.05, 3.63) is 10.1 Å². The van der Waals surface area contributed by atoms with Gasteiger partial charge in [-0.3, -0.25) is 10.1 Å². The summed E-state index contributed by atoms with van der Waals surface area (Å²) in [7, 11) is 0. The molecule has 0 aromatic carbocycles. The molecular formula is C2H6NO4P. The largest absolute Gasteiger partial charge is 0.476 e. The van der Waals surface area contributed by atoms with E-state index in [1.807, 2.05) is 0 Å². The van der Waals surface area contributed by atoms with Crippen LogP contribution >= 0.6 is 9.90 Å². The maximum atomic E-state index is 9.37. The van der Waals surface area contributed by atoms with Gasteiger partial charge in [0.2, 0.25) is 0 Å². The third-order valence-electron chi connectivity index (χ3n) is 0.264. The highest BCUT2D eigenvalue weighted by atomic mass is 31.0. The molecule has 0 rings (SSSR count). The first kappa shape index (κ1) is 10.3. The summed E-state index contributed by atoms with van der Waals surface area (Å²) < 4.78 is 0. The molecule has 0 aromatic rings. The van der Waals surface area contributed by atoms with Crippen LogP contribution in [0.25, 0.3) is 0 Å². The molecule has 48 valence electrons. The fourth-order valence-corrected chi connectivity index (χ4v) is 0.110.